The van der Waals surface area contributed by atoms with Crippen molar-refractivity contribution in [2.45, 2.75) is 27.3 Å². The highest BCUT2D eigenvalue weighted by atomic mass is 35.5. The lowest BCUT2D eigenvalue weighted by molar-refractivity contribution is 0.392. The van der Waals surface area contributed by atoms with Crippen LogP contribution in [0.25, 0.3) is 0 Å². The number of benzene rings is 1. The summed E-state index contributed by atoms with van der Waals surface area (Å²) in [5.41, 5.74) is 1.02. The molecule has 0 fully saturated rings. The monoisotopic (exact) mass is 243 g/mol. The van der Waals surface area contributed by atoms with E-state index in [4.69, 9.17) is 11.6 Å². The number of halogens is 2. The molecular formula is C13H19ClFN. The second kappa shape index (κ2) is 6.21. The molecule has 1 aromatic carbocycles. The Balaban J connectivity index is 2.40. The lowest BCUT2D eigenvalue weighted by atomic mass is 9.98. The second-order valence-electron chi connectivity index (χ2n) is 4.60. The average molecular weight is 244 g/mol. The van der Waals surface area contributed by atoms with Gasteiger partial charge in [-0.05, 0) is 36.1 Å². The first-order valence-electron chi connectivity index (χ1n) is 5.65. The summed E-state index contributed by atoms with van der Waals surface area (Å²) in [5, 5.41) is 3.54. The Morgan fingerprint density at radius 2 is 2.00 bits per heavy atom. The number of nitrogens with one attached hydrogen (secondary N) is 1. The van der Waals surface area contributed by atoms with Crippen LogP contribution in [0.15, 0.2) is 18.2 Å². The van der Waals surface area contributed by atoms with Crippen LogP contribution in [0.4, 0.5) is 4.39 Å². The number of rotatable bonds is 5. The van der Waals surface area contributed by atoms with Gasteiger partial charge in [0.1, 0.15) is 5.82 Å². The van der Waals surface area contributed by atoms with Crippen LogP contribution in [-0.2, 0) is 6.54 Å². The van der Waals surface area contributed by atoms with E-state index < -0.39 is 0 Å². The summed E-state index contributed by atoms with van der Waals surface area (Å²) in [6.45, 7) is 8.33. The molecule has 16 heavy (non-hydrogen) atoms. The van der Waals surface area contributed by atoms with Crippen LogP contribution >= 0.6 is 11.6 Å². The minimum absolute atomic E-state index is 0.191. The van der Waals surface area contributed by atoms with Crippen molar-refractivity contribution in [2.75, 3.05) is 6.54 Å². The van der Waals surface area contributed by atoms with E-state index in [9.17, 15) is 4.39 Å². The summed E-state index contributed by atoms with van der Waals surface area (Å²) >= 11 is 5.70. The van der Waals surface area contributed by atoms with Crippen LogP contribution in [0.3, 0.4) is 0 Å². The maximum absolute atomic E-state index is 12.9. The summed E-state index contributed by atoms with van der Waals surface area (Å²) in [6.07, 6.45) is 0. The van der Waals surface area contributed by atoms with E-state index in [1.807, 2.05) is 0 Å². The predicted molar refractivity (Wildman–Crippen MR) is 67.1 cm³/mol. The van der Waals surface area contributed by atoms with Crippen LogP contribution < -0.4 is 5.32 Å². The number of hydrogen-bond donors (Lipinski definition) is 1. The molecule has 1 rings (SSSR count). The van der Waals surface area contributed by atoms with E-state index >= 15 is 0 Å². The van der Waals surface area contributed by atoms with Crippen LogP contribution in [0.5, 0.6) is 0 Å². The van der Waals surface area contributed by atoms with Gasteiger partial charge in [-0.1, -0.05) is 38.4 Å². The first-order valence-corrected chi connectivity index (χ1v) is 6.03. The van der Waals surface area contributed by atoms with Crippen LogP contribution in [0.2, 0.25) is 5.02 Å². The SMILES string of the molecule is CC(C)[C@H](C)CNCc1ccc(F)c(Cl)c1. The fraction of sp³-hybridized carbons (Fsp3) is 0.538. The smallest absolute Gasteiger partial charge is 0.141 e. The highest BCUT2D eigenvalue weighted by Gasteiger charge is 2.06. The minimum Gasteiger partial charge on any atom is -0.312 e. The molecule has 1 atom stereocenters. The lowest BCUT2D eigenvalue weighted by Gasteiger charge is -2.16. The molecule has 3 heteroatoms. The molecule has 0 aliphatic heterocycles. The van der Waals surface area contributed by atoms with E-state index in [0.717, 1.165) is 18.7 Å². The molecule has 0 aliphatic rings. The van der Waals surface area contributed by atoms with Gasteiger partial charge in [0.05, 0.1) is 5.02 Å². The molecule has 90 valence electrons. The molecule has 1 aromatic rings. The first kappa shape index (κ1) is 13.5. The lowest BCUT2D eigenvalue weighted by Crippen LogP contribution is -2.23. The van der Waals surface area contributed by atoms with Gasteiger partial charge >= 0.3 is 0 Å². The molecule has 0 amide bonds. The second-order valence-corrected chi connectivity index (χ2v) is 5.01. The van der Waals surface area contributed by atoms with Crippen molar-refractivity contribution < 1.29 is 4.39 Å². The maximum atomic E-state index is 12.9. The molecule has 1 nitrogen and oxygen atoms in total. The van der Waals surface area contributed by atoms with Crippen molar-refractivity contribution in [3.63, 3.8) is 0 Å². The van der Waals surface area contributed by atoms with Crippen molar-refractivity contribution >= 4 is 11.6 Å². The van der Waals surface area contributed by atoms with E-state index in [-0.39, 0.29) is 10.8 Å². The summed E-state index contributed by atoms with van der Waals surface area (Å²) in [5.74, 6) is 0.946. The Labute approximate surface area is 102 Å². The molecule has 0 saturated heterocycles. The zero-order valence-electron chi connectivity index (χ0n) is 10.1. The molecule has 0 saturated carbocycles. The zero-order chi connectivity index (χ0) is 12.1. The zero-order valence-corrected chi connectivity index (χ0v) is 10.8. The van der Waals surface area contributed by atoms with Gasteiger partial charge in [-0.3, -0.25) is 0 Å². The van der Waals surface area contributed by atoms with Crippen molar-refractivity contribution in [1.82, 2.24) is 5.32 Å². The van der Waals surface area contributed by atoms with Gasteiger partial charge in [0, 0.05) is 6.54 Å². The van der Waals surface area contributed by atoms with E-state index in [2.05, 4.69) is 26.1 Å². The number of hydrogen-bond acceptors (Lipinski definition) is 1. The Hall–Kier alpha value is -0.600. The highest BCUT2D eigenvalue weighted by Crippen LogP contribution is 2.16. The summed E-state index contributed by atoms with van der Waals surface area (Å²) < 4.78 is 12.9. The average Bonchev–Trinajstić information content (AvgIpc) is 2.23. The van der Waals surface area contributed by atoms with E-state index in [1.54, 1.807) is 12.1 Å². The van der Waals surface area contributed by atoms with Gasteiger partial charge < -0.3 is 5.32 Å². The third kappa shape index (κ3) is 4.11. The Morgan fingerprint density at radius 3 is 2.56 bits per heavy atom. The maximum Gasteiger partial charge on any atom is 0.141 e. The largest absolute Gasteiger partial charge is 0.312 e. The highest BCUT2D eigenvalue weighted by molar-refractivity contribution is 6.30. The van der Waals surface area contributed by atoms with Gasteiger partial charge in [-0.25, -0.2) is 4.39 Å². The molecule has 0 heterocycles. The Kier molecular flexibility index (Phi) is 5.23. The molecule has 0 aromatic heterocycles. The predicted octanol–water partition coefficient (Wildman–Crippen LogP) is 3.86. The molecule has 0 unspecified atom stereocenters. The third-order valence-electron chi connectivity index (χ3n) is 2.92. The Morgan fingerprint density at radius 1 is 1.31 bits per heavy atom. The fourth-order valence-electron chi connectivity index (χ4n) is 1.33. The summed E-state index contributed by atoms with van der Waals surface area (Å²) in [6, 6.07) is 4.84. The van der Waals surface area contributed by atoms with Crippen molar-refractivity contribution in [1.29, 1.82) is 0 Å². The van der Waals surface area contributed by atoms with Crippen LogP contribution in [-0.4, -0.2) is 6.54 Å². The van der Waals surface area contributed by atoms with Crippen LogP contribution in [0.1, 0.15) is 26.3 Å². The molecule has 1 N–H and O–H groups in total. The third-order valence-corrected chi connectivity index (χ3v) is 3.21. The van der Waals surface area contributed by atoms with Crippen molar-refractivity contribution in [3.05, 3.63) is 34.6 Å². The quantitative estimate of drug-likeness (QED) is 0.828. The molecule has 0 radical (unpaired) electrons. The van der Waals surface area contributed by atoms with Gasteiger partial charge in [0.15, 0.2) is 0 Å². The molecular weight excluding hydrogens is 225 g/mol. The van der Waals surface area contributed by atoms with Gasteiger partial charge in [0.2, 0.25) is 0 Å². The summed E-state index contributed by atoms with van der Waals surface area (Å²) in [4.78, 5) is 0. The molecule has 0 aliphatic carbocycles. The standard InChI is InChI=1S/C13H19ClFN/c1-9(2)10(3)7-16-8-11-4-5-13(15)12(14)6-11/h4-6,9-10,16H,7-8H2,1-3H3/t10-/m1/s1. The normalized spacial score (nSPS) is 13.1. The van der Waals surface area contributed by atoms with Gasteiger partial charge in [-0.2, -0.15) is 0 Å². The summed E-state index contributed by atoms with van der Waals surface area (Å²) in [7, 11) is 0. The molecule has 0 bridgehead atoms. The topological polar surface area (TPSA) is 12.0 Å². The molecule has 0 spiro atoms. The van der Waals surface area contributed by atoms with Gasteiger partial charge in [-0.15, -0.1) is 0 Å². The minimum atomic E-state index is -0.360. The fourth-order valence-corrected chi connectivity index (χ4v) is 1.53. The Bertz CT molecular complexity index is 339. The van der Waals surface area contributed by atoms with Crippen molar-refractivity contribution in [3.8, 4) is 0 Å². The first-order chi connectivity index (χ1) is 7.50. The van der Waals surface area contributed by atoms with E-state index in [0.29, 0.717) is 11.8 Å². The van der Waals surface area contributed by atoms with Gasteiger partial charge in [0.25, 0.3) is 0 Å². The van der Waals surface area contributed by atoms with Crippen LogP contribution in [0, 0.1) is 17.7 Å². The van der Waals surface area contributed by atoms with Crippen molar-refractivity contribution in [2.24, 2.45) is 11.8 Å². The van der Waals surface area contributed by atoms with E-state index in [1.165, 1.54) is 6.07 Å².